The number of hydrogen-bond acceptors (Lipinski definition) is 4. The van der Waals surface area contributed by atoms with Gasteiger partial charge in [-0.05, 0) is 43.0 Å². The molecule has 1 unspecified atom stereocenters. The van der Waals surface area contributed by atoms with Gasteiger partial charge in [-0.2, -0.15) is 0 Å². The van der Waals surface area contributed by atoms with Crippen molar-refractivity contribution >= 4 is 11.6 Å². The summed E-state index contributed by atoms with van der Waals surface area (Å²) >= 11 is 6.08. The van der Waals surface area contributed by atoms with E-state index in [2.05, 4.69) is 59.2 Å². The van der Waals surface area contributed by atoms with Crippen LogP contribution in [0.25, 0.3) is 0 Å². The van der Waals surface area contributed by atoms with Crippen LogP contribution in [0.15, 0.2) is 54.6 Å². The number of ether oxygens (including phenoxy) is 2. The highest BCUT2D eigenvalue weighted by atomic mass is 35.5. The minimum Gasteiger partial charge on any atom is -0.378 e. The van der Waals surface area contributed by atoms with Crippen molar-refractivity contribution in [2.24, 2.45) is 0 Å². The molecule has 2 aliphatic heterocycles. The predicted octanol–water partition coefficient (Wildman–Crippen LogP) is 4.26. The van der Waals surface area contributed by atoms with Gasteiger partial charge in [0.15, 0.2) is 0 Å². The second-order valence-corrected chi connectivity index (χ2v) is 9.11. The largest absolute Gasteiger partial charge is 0.378 e. The van der Waals surface area contributed by atoms with Crippen molar-refractivity contribution in [2.75, 3.05) is 33.4 Å². The SMILES string of the molecule is CO[C@@H]1CN(Cc2ccccc2)CCC1N1C[C@H](C)OC[C@@H]1Cc1ccc(Cl)cc1. The number of likely N-dealkylation sites (tertiary alicyclic amines) is 1. The van der Waals surface area contributed by atoms with E-state index in [0.29, 0.717) is 12.1 Å². The Morgan fingerprint density at radius 3 is 2.53 bits per heavy atom. The Morgan fingerprint density at radius 1 is 1.03 bits per heavy atom. The van der Waals surface area contributed by atoms with E-state index < -0.39 is 0 Å². The number of rotatable bonds is 6. The van der Waals surface area contributed by atoms with Gasteiger partial charge in [0.2, 0.25) is 0 Å². The van der Waals surface area contributed by atoms with Crippen LogP contribution < -0.4 is 0 Å². The number of methoxy groups -OCH3 is 1. The van der Waals surface area contributed by atoms with E-state index in [4.69, 9.17) is 21.1 Å². The van der Waals surface area contributed by atoms with E-state index in [1.54, 1.807) is 0 Å². The van der Waals surface area contributed by atoms with Gasteiger partial charge in [0.25, 0.3) is 0 Å². The maximum atomic E-state index is 6.08. The quantitative estimate of drug-likeness (QED) is 0.686. The fraction of sp³-hybridized carbons (Fsp3) is 0.520. The number of hydrogen-bond donors (Lipinski definition) is 0. The summed E-state index contributed by atoms with van der Waals surface area (Å²) in [6.45, 7) is 6.96. The van der Waals surface area contributed by atoms with Crippen molar-refractivity contribution < 1.29 is 9.47 Å². The second kappa shape index (κ2) is 10.3. The topological polar surface area (TPSA) is 24.9 Å². The summed E-state index contributed by atoms with van der Waals surface area (Å²) in [7, 11) is 1.86. The molecule has 2 aliphatic rings. The number of nitrogens with zero attached hydrogens (tertiary/aromatic N) is 2. The second-order valence-electron chi connectivity index (χ2n) is 8.68. The molecule has 2 heterocycles. The van der Waals surface area contributed by atoms with Crippen LogP contribution in [0.3, 0.4) is 0 Å². The Bertz CT molecular complexity index is 785. The molecular weight excluding hydrogens is 396 g/mol. The third-order valence-electron chi connectivity index (χ3n) is 6.48. The lowest BCUT2D eigenvalue weighted by molar-refractivity contribution is -0.115. The maximum absolute atomic E-state index is 6.08. The Hall–Kier alpha value is -1.43. The van der Waals surface area contributed by atoms with E-state index in [9.17, 15) is 0 Å². The van der Waals surface area contributed by atoms with Crippen LogP contribution >= 0.6 is 11.6 Å². The van der Waals surface area contributed by atoms with E-state index in [1.807, 2.05) is 19.2 Å². The molecule has 4 nitrogen and oxygen atoms in total. The Balaban J connectivity index is 1.44. The number of benzene rings is 2. The molecule has 2 aromatic rings. The average Bonchev–Trinajstić information content (AvgIpc) is 2.77. The van der Waals surface area contributed by atoms with E-state index in [-0.39, 0.29) is 12.2 Å². The lowest BCUT2D eigenvalue weighted by atomic mass is 9.94. The molecule has 0 radical (unpaired) electrons. The monoisotopic (exact) mass is 428 g/mol. The van der Waals surface area contributed by atoms with Crippen molar-refractivity contribution in [2.45, 2.75) is 50.6 Å². The molecule has 4 rings (SSSR count). The molecule has 5 heteroatoms. The first-order valence-corrected chi connectivity index (χ1v) is 11.4. The fourth-order valence-electron chi connectivity index (χ4n) is 4.91. The first kappa shape index (κ1) is 21.8. The van der Waals surface area contributed by atoms with E-state index in [1.165, 1.54) is 11.1 Å². The lowest BCUT2D eigenvalue weighted by Crippen LogP contribution is -2.61. The van der Waals surface area contributed by atoms with Crippen molar-refractivity contribution in [3.8, 4) is 0 Å². The molecule has 30 heavy (non-hydrogen) atoms. The van der Waals surface area contributed by atoms with Crippen LogP contribution in [0.5, 0.6) is 0 Å². The maximum Gasteiger partial charge on any atom is 0.0853 e. The summed E-state index contributed by atoms with van der Waals surface area (Å²) in [5, 5.41) is 0.786. The van der Waals surface area contributed by atoms with Gasteiger partial charge in [0, 0.05) is 50.4 Å². The molecule has 162 valence electrons. The number of morpholine rings is 1. The van der Waals surface area contributed by atoms with Gasteiger partial charge in [-0.3, -0.25) is 9.80 Å². The van der Waals surface area contributed by atoms with Gasteiger partial charge in [-0.15, -0.1) is 0 Å². The van der Waals surface area contributed by atoms with Crippen LogP contribution in [-0.2, 0) is 22.4 Å². The third kappa shape index (κ3) is 5.43. The molecule has 0 spiro atoms. The van der Waals surface area contributed by atoms with Crippen molar-refractivity contribution in [3.05, 3.63) is 70.7 Å². The van der Waals surface area contributed by atoms with Gasteiger partial charge in [0.1, 0.15) is 0 Å². The van der Waals surface area contributed by atoms with Gasteiger partial charge >= 0.3 is 0 Å². The van der Waals surface area contributed by atoms with Gasteiger partial charge in [-0.25, -0.2) is 0 Å². The highest BCUT2D eigenvalue weighted by Gasteiger charge is 2.39. The normalized spacial score (nSPS) is 28.5. The highest BCUT2D eigenvalue weighted by molar-refractivity contribution is 6.30. The summed E-state index contributed by atoms with van der Waals surface area (Å²) in [6.07, 6.45) is 2.56. The van der Waals surface area contributed by atoms with Gasteiger partial charge in [-0.1, -0.05) is 54.1 Å². The molecular formula is C25H33ClN2O2. The van der Waals surface area contributed by atoms with Crippen molar-refractivity contribution in [3.63, 3.8) is 0 Å². The summed E-state index contributed by atoms with van der Waals surface area (Å²) in [6, 6.07) is 19.7. The Labute approximate surface area is 185 Å². The predicted molar refractivity (Wildman–Crippen MR) is 122 cm³/mol. The first-order valence-electron chi connectivity index (χ1n) is 11.0. The van der Waals surface area contributed by atoms with E-state index in [0.717, 1.165) is 50.7 Å². The minimum atomic E-state index is 0.209. The molecule has 2 aromatic carbocycles. The highest BCUT2D eigenvalue weighted by Crippen LogP contribution is 2.27. The molecule has 0 saturated carbocycles. The lowest BCUT2D eigenvalue weighted by Gasteiger charge is -2.49. The van der Waals surface area contributed by atoms with Crippen LogP contribution in [0.2, 0.25) is 5.02 Å². The molecule has 0 amide bonds. The van der Waals surface area contributed by atoms with Crippen molar-refractivity contribution in [1.82, 2.24) is 9.80 Å². The standard InChI is InChI=1S/C25H33ClN2O2/c1-19-15-28(23(18-30-19)14-20-8-10-22(26)11-9-20)24-12-13-27(17-25(24)29-2)16-21-6-4-3-5-7-21/h3-11,19,23-25H,12-18H2,1-2H3/t19-,23-,24?,25+/m0/s1. The van der Waals surface area contributed by atoms with E-state index >= 15 is 0 Å². The Kier molecular flexibility index (Phi) is 7.45. The Morgan fingerprint density at radius 2 is 1.80 bits per heavy atom. The van der Waals surface area contributed by atoms with Gasteiger partial charge in [0.05, 0.1) is 18.8 Å². The molecule has 2 saturated heterocycles. The molecule has 0 N–H and O–H groups in total. The summed E-state index contributed by atoms with van der Waals surface area (Å²) in [4.78, 5) is 5.19. The molecule has 2 fully saturated rings. The molecule has 0 aliphatic carbocycles. The van der Waals surface area contributed by atoms with Gasteiger partial charge < -0.3 is 9.47 Å². The first-order chi connectivity index (χ1) is 14.6. The molecule has 0 bridgehead atoms. The zero-order chi connectivity index (χ0) is 20.9. The van der Waals surface area contributed by atoms with Crippen LogP contribution in [0, 0.1) is 0 Å². The summed E-state index contributed by atoms with van der Waals surface area (Å²) in [5.41, 5.74) is 2.68. The molecule has 0 aromatic heterocycles. The van der Waals surface area contributed by atoms with Crippen LogP contribution in [0.1, 0.15) is 24.5 Å². The zero-order valence-electron chi connectivity index (χ0n) is 18.0. The average molecular weight is 429 g/mol. The van der Waals surface area contributed by atoms with Crippen LogP contribution in [0.4, 0.5) is 0 Å². The zero-order valence-corrected chi connectivity index (χ0v) is 18.8. The summed E-state index contributed by atoms with van der Waals surface area (Å²) in [5.74, 6) is 0. The third-order valence-corrected chi connectivity index (χ3v) is 6.73. The summed E-state index contributed by atoms with van der Waals surface area (Å²) < 4.78 is 12.1. The fourth-order valence-corrected chi connectivity index (χ4v) is 5.04. The smallest absolute Gasteiger partial charge is 0.0853 e. The number of halogens is 1. The minimum absolute atomic E-state index is 0.209. The van der Waals surface area contributed by atoms with Crippen LogP contribution in [-0.4, -0.2) is 67.4 Å². The number of piperidine rings is 1. The molecule has 4 atom stereocenters. The van der Waals surface area contributed by atoms with Crippen molar-refractivity contribution in [1.29, 1.82) is 0 Å².